The predicted octanol–water partition coefficient (Wildman–Crippen LogP) is 2.33. The highest BCUT2D eigenvalue weighted by molar-refractivity contribution is 6.43. The minimum atomic E-state index is -1.66. The molecule has 0 unspecified atom stereocenters. The van der Waals surface area contributed by atoms with Crippen LogP contribution in [0.1, 0.15) is 48.8 Å². The summed E-state index contributed by atoms with van der Waals surface area (Å²) in [5.41, 5.74) is 1.46. The normalized spacial score (nSPS) is 29.1. The smallest absolute Gasteiger partial charge is 0.475 e. The Kier molecular flexibility index (Phi) is 4.47. The molecular formula is C23H26BNO5. The van der Waals surface area contributed by atoms with Crippen LogP contribution in [0.25, 0.3) is 0 Å². The number of amides is 1. The van der Waals surface area contributed by atoms with E-state index in [-0.39, 0.29) is 11.8 Å². The van der Waals surface area contributed by atoms with Gasteiger partial charge in [-0.15, -0.1) is 0 Å². The zero-order valence-electron chi connectivity index (χ0n) is 17.2. The molecule has 1 amide bonds. The van der Waals surface area contributed by atoms with E-state index in [1.165, 1.54) is 4.90 Å². The number of likely N-dealkylation sites (N-methyl/N-ethyl adjacent to an activating group) is 1. The van der Waals surface area contributed by atoms with Gasteiger partial charge in [0.1, 0.15) is 5.75 Å². The molecule has 6 nitrogen and oxygen atoms in total. The number of hydrogen-bond donors (Lipinski definition) is 2. The summed E-state index contributed by atoms with van der Waals surface area (Å²) in [6.07, 6.45) is 1.75. The largest absolute Gasteiger partial charge is 0.493 e. The number of fused-ring (bicyclic) bond motifs is 6. The van der Waals surface area contributed by atoms with E-state index in [4.69, 9.17) is 9.47 Å². The van der Waals surface area contributed by atoms with Gasteiger partial charge in [-0.3, -0.25) is 4.79 Å². The summed E-state index contributed by atoms with van der Waals surface area (Å²) in [7, 11) is -0.0180. The number of carbonyl (C=O) groups excluding carboxylic acids is 1. The SMILES string of the molecule is CN(C(=O)[C@]12CC[C@](C)(O1)c1ccccc12)[C@@H](C[C@@H]1COc2ccccc21)B(O)O. The number of nitrogens with zero attached hydrogens (tertiary/aromatic N) is 1. The van der Waals surface area contributed by atoms with E-state index in [9.17, 15) is 14.8 Å². The molecule has 5 rings (SSSR count). The van der Waals surface area contributed by atoms with Crippen LogP contribution in [-0.4, -0.2) is 47.6 Å². The lowest BCUT2D eigenvalue weighted by molar-refractivity contribution is -0.162. The van der Waals surface area contributed by atoms with Crippen molar-refractivity contribution in [3.63, 3.8) is 0 Å². The molecule has 0 spiro atoms. The highest BCUT2D eigenvalue weighted by Crippen LogP contribution is 2.58. The number of benzene rings is 2. The Hall–Kier alpha value is -2.35. The first-order chi connectivity index (χ1) is 14.4. The van der Waals surface area contributed by atoms with Gasteiger partial charge in [0.15, 0.2) is 5.60 Å². The van der Waals surface area contributed by atoms with Crippen molar-refractivity contribution in [3.05, 3.63) is 65.2 Å². The summed E-state index contributed by atoms with van der Waals surface area (Å²) in [6.45, 7) is 2.49. The zero-order valence-corrected chi connectivity index (χ0v) is 17.2. The number of hydrogen-bond acceptors (Lipinski definition) is 5. The summed E-state index contributed by atoms with van der Waals surface area (Å²) in [5.74, 6) is -0.177. The van der Waals surface area contributed by atoms with Gasteiger partial charge in [-0.05, 0) is 43.4 Å². The molecule has 4 atom stereocenters. The molecule has 1 fully saturated rings. The predicted molar refractivity (Wildman–Crippen MR) is 112 cm³/mol. The first-order valence-corrected chi connectivity index (χ1v) is 10.5. The zero-order chi connectivity index (χ0) is 21.1. The Balaban J connectivity index is 1.43. The number of para-hydroxylation sites is 1. The maximum Gasteiger partial charge on any atom is 0.475 e. The van der Waals surface area contributed by atoms with Crippen LogP contribution in [0.3, 0.4) is 0 Å². The molecule has 0 radical (unpaired) electrons. The Bertz CT molecular complexity index is 997. The van der Waals surface area contributed by atoms with Crippen LogP contribution in [0.2, 0.25) is 0 Å². The van der Waals surface area contributed by atoms with Crippen LogP contribution in [0.4, 0.5) is 0 Å². The first kappa shape index (κ1) is 19.6. The van der Waals surface area contributed by atoms with Gasteiger partial charge in [0, 0.05) is 18.5 Å². The highest BCUT2D eigenvalue weighted by Gasteiger charge is 2.62. The minimum absolute atomic E-state index is 0.00798. The van der Waals surface area contributed by atoms with E-state index in [0.29, 0.717) is 19.4 Å². The third kappa shape index (κ3) is 2.72. The minimum Gasteiger partial charge on any atom is -0.493 e. The molecule has 1 saturated heterocycles. The molecule has 0 aromatic heterocycles. The Labute approximate surface area is 176 Å². The van der Waals surface area contributed by atoms with Crippen molar-refractivity contribution in [2.75, 3.05) is 13.7 Å². The fourth-order valence-electron chi connectivity index (χ4n) is 5.47. The van der Waals surface area contributed by atoms with Crippen molar-refractivity contribution in [1.29, 1.82) is 0 Å². The average molecular weight is 407 g/mol. The van der Waals surface area contributed by atoms with Crippen molar-refractivity contribution in [1.82, 2.24) is 4.90 Å². The second kappa shape index (κ2) is 6.84. The lowest BCUT2D eigenvalue weighted by Crippen LogP contribution is -2.54. The van der Waals surface area contributed by atoms with Gasteiger partial charge in [0.05, 0.1) is 18.1 Å². The van der Waals surface area contributed by atoms with Gasteiger partial charge in [-0.2, -0.15) is 0 Å². The molecule has 2 aromatic rings. The maximum absolute atomic E-state index is 13.7. The van der Waals surface area contributed by atoms with Crippen LogP contribution < -0.4 is 4.74 Å². The standard InChI is InChI=1S/C23H26BNO5/c1-22-11-12-23(30-22,18-9-5-4-8-17(18)22)21(26)25(2)20(24(27)28)13-15-14-29-19-10-6-3-7-16(15)19/h3-10,15,20,27-28H,11-14H2,1-2H3/t15-,20+,22+,23-/m1/s1. The monoisotopic (exact) mass is 407 g/mol. The summed E-state index contributed by atoms with van der Waals surface area (Å²) in [6, 6.07) is 15.6. The van der Waals surface area contributed by atoms with Gasteiger partial charge in [0.2, 0.25) is 0 Å². The summed E-state index contributed by atoms with van der Waals surface area (Å²) < 4.78 is 12.1. The van der Waals surface area contributed by atoms with Crippen molar-refractivity contribution in [2.45, 2.75) is 49.2 Å². The molecule has 3 aliphatic rings. The van der Waals surface area contributed by atoms with Crippen molar-refractivity contribution < 1.29 is 24.3 Å². The highest BCUT2D eigenvalue weighted by atomic mass is 16.5. The Morgan fingerprint density at radius 1 is 1.17 bits per heavy atom. The maximum atomic E-state index is 13.7. The lowest BCUT2D eigenvalue weighted by Gasteiger charge is -2.36. The van der Waals surface area contributed by atoms with Gasteiger partial charge in [0.25, 0.3) is 5.91 Å². The molecule has 30 heavy (non-hydrogen) atoms. The van der Waals surface area contributed by atoms with E-state index in [1.807, 2.05) is 55.5 Å². The van der Waals surface area contributed by atoms with Gasteiger partial charge in [-0.25, -0.2) is 0 Å². The number of rotatable bonds is 5. The Morgan fingerprint density at radius 2 is 1.87 bits per heavy atom. The molecule has 3 aliphatic heterocycles. The molecular weight excluding hydrogens is 381 g/mol. The van der Waals surface area contributed by atoms with Gasteiger partial charge in [-0.1, -0.05) is 42.5 Å². The molecule has 0 saturated carbocycles. The third-order valence-corrected chi connectivity index (χ3v) is 7.12. The summed E-state index contributed by atoms with van der Waals surface area (Å²) in [5, 5.41) is 20.4. The quantitative estimate of drug-likeness (QED) is 0.744. The molecule has 2 aromatic carbocycles. The molecule has 2 bridgehead atoms. The molecule has 156 valence electrons. The first-order valence-electron chi connectivity index (χ1n) is 10.5. The Morgan fingerprint density at radius 3 is 2.63 bits per heavy atom. The van der Waals surface area contributed by atoms with Crippen LogP contribution in [0, 0.1) is 0 Å². The lowest BCUT2D eigenvalue weighted by atomic mass is 9.71. The average Bonchev–Trinajstić information content (AvgIpc) is 3.40. The van der Waals surface area contributed by atoms with Crippen LogP contribution >= 0.6 is 0 Å². The molecule has 7 heteroatoms. The van der Waals surface area contributed by atoms with E-state index < -0.39 is 24.3 Å². The van der Waals surface area contributed by atoms with E-state index in [1.54, 1.807) is 7.05 Å². The van der Waals surface area contributed by atoms with Crippen LogP contribution in [-0.2, 0) is 20.7 Å². The van der Waals surface area contributed by atoms with E-state index in [0.717, 1.165) is 28.9 Å². The summed E-state index contributed by atoms with van der Waals surface area (Å²) >= 11 is 0. The number of ether oxygens (including phenoxy) is 2. The second-order valence-electron chi connectivity index (χ2n) is 8.88. The van der Waals surface area contributed by atoms with Crippen molar-refractivity contribution in [2.24, 2.45) is 0 Å². The summed E-state index contributed by atoms with van der Waals surface area (Å²) in [4.78, 5) is 15.2. The third-order valence-electron chi connectivity index (χ3n) is 7.12. The van der Waals surface area contributed by atoms with E-state index >= 15 is 0 Å². The fourth-order valence-corrected chi connectivity index (χ4v) is 5.47. The van der Waals surface area contributed by atoms with Gasteiger partial charge >= 0.3 is 7.12 Å². The van der Waals surface area contributed by atoms with Crippen molar-refractivity contribution >= 4 is 13.0 Å². The molecule has 3 heterocycles. The topological polar surface area (TPSA) is 79.2 Å². The van der Waals surface area contributed by atoms with Crippen molar-refractivity contribution in [3.8, 4) is 5.75 Å². The fraction of sp³-hybridized carbons (Fsp3) is 0.435. The number of carbonyl (C=O) groups is 1. The van der Waals surface area contributed by atoms with Crippen LogP contribution in [0.5, 0.6) is 5.75 Å². The second-order valence-corrected chi connectivity index (χ2v) is 8.88. The van der Waals surface area contributed by atoms with Crippen LogP contribution in [0.15, 0.2) is 48.5 Å². The van der Waals surface area contributed by atoms with E-state index in [2.05, 4.69) is 0 Å². The van der Waals surface area contributed by atoms with Gasteiger partial charge < -0.3 is 24.4 Å². The molecule has 0 aliphatic carbocycles. The molecule has 2 N–H and O–H groups in total.